The first-order chi connectivity index (χ1) is 17.2. The Morgan fingerprint density at radius 2 is 1.75 bits per heavy atom. The number of nitrogens with two attached hydrogens (primary N) is 1. The standard InChI is InChI=1S/C29H35N3O4/c1-19-24(27(33)35-4)26(22-11-8-12-23(30)17-22)25(20(2)31-19)28(34)36-29(3)14-16-32(18-29)15-13-21-9-6-5-7-10-21/h5-12,17,26,31H,13-16,18,30H2,1-4H3. The van der Waals surface area contributed by atoms with Crippen molar-refractivity contribution < 1.29 is 19.1 Å². The number of hydrogen-bond donors (Lipinski definition) is 2. The Kier molecular flexibility index (Phi) is 7.50. The van der Waals surface area contributed by atoms with Crippen molar-refractivity contribution in [2.24, 2.45) is 0 Å². The van der Waals surface area contributed by atoms with Crippen LogP contribution in [0, 0.1) is 0 Å². The zero-order valence-corrected chi connectivity index (χ0v) is 21.5. The lowest BCUT2D eigenvalue weighted by Crippen LogP contribution is -2.39. The lowest BCUT2D eigenvalue weighted by atomic mass is 9.80. The minimum Gasteiger partial charge on any atom is -0.466 e. The molecule has 1 fully saturated rings. The molecule has 2 aromatic carbocycles. The number of ether oxygens (including phenoxy) is 2. The molecule has 7 nitrogen and oxygen atoms in total. The van der Waals surface area contributed by atoms with Crippen LogP contribution in [-0.4, -0.2) is 49.2 Å². The molecule has 1 saturated heterocycles. The Hall–Kier alpha value is -3.58. The summed E-state index contributed by atoms with van der Waals surface area (Å²) in [6, 6.07) is 17.6. The van der Waals surface area contributed by atoms with Crippen LogP contribution in [0.3, 0.4) is 0 Å². The van der Waals surface area contributed by atoms with Gasteiger partial charge in [0.15, 0.2) is 0 Å². The van der Waals surface area contributed by atoms with Gasteiger partial charge in [0.05, 0.1) is 24.2 Å². The van der Waals surface area contributed by atoms with E-state index in [-0.39, 0.29) is 0 Å². The summed E-state index contributed by atoms with van der Waals surface area (Å²) in [6.45, 7) is 8.04. The number of nitrogens with one attached hydrogen (secondary N) is 1. The molecule has 3 N–H and O–H groups in total. The van der Waals surface area contributed by atoms with E-state index in [2.05, 4.69) is 34.5 Å². The number of anilines is 1. The fourth-order valence-corrected chi connectivity index (χ4v) is 5.23. The van der Waals surface area contributed by atoms with Gasteiger partial charge in [-0.3, -0.25) is 4.90 Å². The largest absolute Gasteiger partial charge is 0.466 e. The molecule has 0 saturated carbocycles. The van der Waals surface area contributed by atoms with Gasteiger partial charge in [-0.15, -0.1) is 0 Å². The van der Waals surface area contributed by atoms with Gasteiger partial charge in [0.25, 0.3) is 0 Å². The fourth-order valence-electron chi connectivity index (χ4n) is 5.23. The highest BCUT2D eigenvalue weighted by molar-refractivity contribution is 6.00. The molecule has 2 atom stereocenters. The van der Waals surface area contributed by atoms with Gasteiger partial charge in [0.1, 0.15) is 5.60 Å². The molecule has 2 aromatic rings. The van der Waals surface area contributed by atoms with Crippen molar-refractivity contribution in [3.63, 3.8) is 0 Å². The second-order valence-electron chi connectivity index (χ2n) is 9.90. The Labute approximate surface area is 213 Å². The van der Waals surface area contributed by atoms with Crippen LogP contribution in [0.25, 0.3) is 0 Å². The van der Waals surface area contributed by atoms with E-state index in [1.54, 1.807) is 19.1 Å². The first kappa shape index (κ1) is 25.5. The average molecular weight is 490 g/mol. The van der Waals surface area contributed by atoms with Crippen molar-refractivity contribution in [3.05, 3.63) is 88.3 Å². The van der Waals surface area contributed by atoms with E-state index in [4.69, 9.17) is 15.2 Å². The van der Waals surface area contributed by atoms with E-state index < -0.39 is 23.5 Å². The molecule has 0 bridgehead atoms. The monoisotopic (exact) mass is 489 g/mol. The van der Waals surface area contributed by atoms with Gasteiger partial charge in [-0.05, 0) is 50.5 Å². The molecule has 0 amide bonds. The van der Waals surface area contributed by atoms with Gasteiger partial charge >= 0.3 is 11.9 Å². The quantitative estimate of drug-likeness (QED) is 0.450. The third kappa shape index (κ3) is 5.46. The van der Waals surface area contributed by atoms with Crippen molar-refractivity contribution in [2.45, 2.75) is 45.1 Å². The molecule has 2 aliphatic heterocycles. The summed E-state index contributed by atoms with van der Waals surface area (Å²) >= 11 is 0. The first-order valence-corrected chi connectivity index (χ1v) is 12.3. The number of esters is 2. The summed E-state index contributed by atoms with van der Waals surface area (Å²) < 4.78 is 11.3. The van der Waals surface area contributed by atoms with Crippen molar-refractivity contribution >= 4 is 17.6 Å². The Morgan fingerprint density at radius 1 is 1.06 bits per heavy atom. The Morgan fingerprint density at radius 3 is 2.42 bits per heavy atom. The highest BCUT2D eigenvalue weighted by atomic mass is 16.6. The van der Waals surface area contributed by atoms with Gasteiger partial charge in [0, 0.05) is 43.1 Å². The van der Waals surface area contributed by atoms with Gasteiger partial charge in [-0.1, -0.05) is 42.5 Å². The summed E-state index contributed by atoms with van der Waals surface area (Å²) in [7, 11) is 1.34. The maximum absolute atomic E-state index is 13.7. The Bertz CT molecular complexity index is 1200. The summed E-state index contributed by atoms with van der Waals surface area (Å²) in [4.78, 5) is 28.9. The Balaban J connectivity index is 1.55. The van der Waals surface area contributed by atoms with Crippen LogP contribution in [0.2, 0.25) is 0 Å². The maximum Gasteiger partial charge on any atom is 0.337 e. The van der Waals surface area contributed by atoms with E-state index in [0.717, 1.165) is 31.5 Å². The maximum atomic E-state index is 13.7. The van der Waals surface area contributed by atoms with Crippen LogP contribution < -0.4 is 11.1 Å². The molecule has 2 heterocycles. The van der Waals surface area contributed by atoms with E-state index in [1.807, 2.05) is 32.0 Å². The predicted molar refractivity (Wildman–Crippen MR) is 140 cm³/mol. The van der Waals surface area contributed by atoms with Crippen LogP contribution in [0.5, 0.6) is 0 Å². The fraction of sp³-hybridized carbons (Fsp3) is 0.379. The number of dihydropyridines is 1. The van der Waals surface area contributed by atoms with Crippen molar-refractivity contribution in [3.8, 4) is 0 Å². The molecule has 4 rings (SSSR count). The number of hydrogen-bond acceptors (Lipinski definition) is 7. The molecular formula is C29H35N3O4. The smallest absolute Gasteiger partial charge is 0.337 e. The lowest BCUT2D eigenvalue weighted by Gasteiger charge is -2.33. The minimum atomic E-state index is -0.645. The highest BCUT2D eigenvalue weighted by Gasteiger charge is 2.42. The van der Waals surface area contributed by atoms with E-state index >= 15 is 0 Å². The molecule has 7 heteroatoms. The molecule has 190 valence electrons. The number of methoxy groups -OCH3 is 1. The molecule has 36 heavy (non-hydrogen) atoms. The zero-order chi connectivity index (χ0) is 25.9. The number of carbonyl (C=O) groups excluding carboxylic acids is 2. The minimum absolute atomic E-state index is 0.377. The molecule has 0 aliphatic carbocycles. The number of likely N-dealkylation sites (tertiary alicyclic amines) is 1. The number of nitrogen functional groups attached to an aromatic ring is 1. The van der Waals surface area contributed by atoms with E-state index in [9.17, 15) is 9.59 Å². The van der Waals surface area contributed by atoms with Crippen molar-refractivity contribution in [1.29, 1.82) is 0 Å². The summed E-state index contributed by atoms with van der Waals surface area (Å²) in [6.07, 6.45) is 1.69. The third-order valence-electron chi connectivity index (χ3n) is 7.04. The first-order valence-electron chi connectivity index (χ1n) is 12.3. The normalized spacial score (nSPS) is 22.4. The average Bonchev–Trinajstić information content (AvgIpc) is 3.22. The second kappa shape index (κ2) is 10.6. The number of carbonyl (C=O) groups is 2. The second-order valence-corrected chi connectivity index (χ2v) is 9.90. The summed E-state index contributed by atoms with van der Waals surface area (Å²) in [5.74, 6) is -1.58. The number of rotatable bonds is 7. The third-order valence-corrected chi connectivity index (χ3v) is 7.04. The SMILES string of the molecule is COC(=O)C1=C(C)NC(C)=C(C(=O)OC2(C)CCN(CCc3ccccc3)C2)C1c1cccc(N)c1. The van der Waals surface area contributed by atoms with Gasteiger partial charge < -0.3 is 20.5 Å². The number of nitrogens with zero attached hydrogens (tertiary/aromatic N) is 1. The molecule has 2 unspecified atom stereocenters. The van der Waals surface area contributed by atoms with E-state index in [1.165, 1.54) is 12.7 Å². The lowest BCUT2D eigenvalue weighted by molar-refractivity contribution is -0.152. The van der Waals surface area contributed by atoms with Gasteiger partial charge in [-0.25, -0.2) is 9.59 Å². The van der Waals surface area contributed by atoms with Gasteiger partial charge in [0.2, 0.25) is 0 Å². The predicted octanol–water partition coefficient (Wildman–Crippen LogP) is 3.93. The van der Waals surface area contributed by atoms with E-state index in [0.29, 0.717) is 34.8 Å². The zero-order valence-electron chi connectivity index (χ0n) is 21.5. The molecule has 2 aliphatic rings. The van der Waals surface area contributed by atoms with Crippen LogP contribution in [0.1, 0.15) is 44.2 Å². The van der Waals surface area contributed by atoms with Crippen LogP contribution >= 0.6 is 0 Å². The van der Waals surface area contributed by atoms with Crippen LogP contribution in [-0.2, 0) is 25.5 Å². The number of benzene rings is 2. The van der Waals surface area contributed by atoms with Crippen LogP contribution in [0.4, 0.5) is 5.69 Å². The van der Waals surface area contributed by atoms with Gasteiger partial charge in [-0.2, -0.15) is 0 Å². The molecule has 0 aromatic heterocycles. The highest BCUT2D eigenvalue weighted by Crippen LogP contribution is 2.40. The topological polar surface area (TPSA) is 93.9 Å². The molecular weight excluding hydrogens is 454 g/mol. The molecule has 0 radical (unpaired) electrons. The number of allylic oxidation sites excluding steroid dienone is 2. The van der Waals surface area contributed by atoms with Crippen molar-refractivity contribution in [1.82, 2.24) is 10.2 Å². The summed E-state index contributed by atoms with van der Waals surface area (Å²) in [5.41, 5.74) is 10.1. The van der Waals surface area contributed by atoms with Crippen LogP contribution in [0.15, 0.2) is 77.1 Å². The van der Waals surface area contributed by atoms with Crippen molar-refractivity contribution in [2.75, 3.05) is 32.5 Å². The molecule has 0 spiro atoms. The summed E-state index contributed by atoms with van der Waals surface area (Å²) in [5, 5.41) is 3.19.